The third-order valence-corrected chi connectivity index (χ3v) is 12.0. The second-order valence-corrected chi connectivity index (χ2v) is 14.2. The highest BCUT2D eigenvalue weighted by atomic mass is 32.2. The number of benzene rings is 2. The second-order valence-electron chi connectivity index (χ2n) is 11.6. The van der Waals surface area contributed by atoms with Crippen LogP contribution in [-0.4, -0.2) is 11.5 Å². The Kier molecular flexibility index (Phi) is 12.3. The van der Waals surface area contributed by atoms with Crippen molar-refractivity contribution in [3.8, 4) is 11.1 Å². The lowest BCUT2D eigenvalue weighted by molar-refractivity contribution is 0.301. The van der Waals surface area contributed by atoms with Crippen molar-refractivity contribution >= 4 is 23.5 Å². The predicted molar refractivity (Wildman–Crippen MR) is 165 cm³/mol. The molecule has 37 heavy (non-hydrogen) atoms. The van der Waals surface area contributed by atoms with E-state index in [1.54, 1.807) is 0 Å². The number of thioether (sulfide) groups is 2. The van der Waals surface area contributed by atoms with E-state index in [4.69, 9.17) is 0 Å². The van der Waals surface area contributed by atoms with Crippen molar-refractivity contribution in [2.45, 2.75) is 114 Å². The monoisotopic (exact) mass is 540 g/mol. The molecule has 2 aliphatic rings. The van der Waals surface area contributed by atoms with Gasteiger partial charge in [-0.2, -0.15) is 0 Å². The van der Waals surface area contributed by atoms with Crippen LogP contribution in [-0.2, 0) is 0 Å². The molecule has 1 saturated heterocycles. The summed E-state index contributed by atoms with van der Waals surface area (Å²) < 4.78 is 15.8. The zero-order chi connectivity index (χ0) is 25.9. The maximum Gasteiger partial charge on any atom is 0.131 e. The predicted octanol–water partition coefficient (Wildman–Crippen LogP) is 11.8. The average Bonchev–Trinajstić information content (AvgIpc) is 2.94. The Hall–Kier alpha value is -0.930. The minimum absolute atomic E-state index is 0.0559. The van der Waals surface area contributed by atoms with Crippen LogP contribution in [0.2, 0.25) is 0 Å². The van der Waals surface area contributed by atoms with Gasteiger partial charge in [-0.1, -0.05) is 108 Å². The zero-order valence-corrected chi connectivity index (χ0v) is 25.0. The molecule has 0 amide bonds. The molecule has 0 atom stereocenters. The van der Waals surface area contributed by atoms with Crippen LogP contribution in [0.4, 0.5) is 4.39 Å². The van der Waals surface area contributed by atoms with Crippen LogP contribution in [0.25, 0.3) is 11.1 Å². The van der Waals surface area contributed by atoms with E-state index in [0.29, 0.717) is 10.5 Å². The molecule has 4 rings (SSSR count). The minimum Gasteiger partial charge on any atom is -0.206 e. The average molecular weight is 541 g/mol. The molecule has 0 unspecified atom stereocenters. The Balaban J connectivity index is 1.26. The Morgan fingerprint density at radius 1 is 0.676 bits per heavy atom. The van der Waals surface area contributed by atoms with E-state index >= 15 is 4.39 Å². The zero-order valence-electron chi connectivity index (χ0n) is 23.4. The van der Waals surface area contributed by atoms with Crippen molar-refractivity contribution in [1.29, 1.82) is 0 Å². The van der Waals surface area contributed by atoms with E-state index in [1.807, 2.05) is 12.1 Å². The van der Waals surface area contributed by atoms with Gasteiger partial charge in [0.05, 0.1) is 4.58 Å². The fourth-order valence-electron chi connectivity index (χ4n) is 6.25. The number of hydrogen-bond acceptors (Lipinski definition) is 2. The van der Waals surface area contributed by atoms with Gasteiger partial charge in [-0.25, -0.2) is 4.39 Å². The third-order valence-electron chi connectivity index (χ3n) is 8.70. The maximum absolute atomic E-state index is 15.3. The maximum atomic E-state index is 15.3. The van der Waals surface area contributed by atoms with E-state index in [0.717, 1.165) is 23.0 Å². The van der Waals surface area contributed by atoms with E-state index in [1.165, 1.54) is 113 Å². The first-order chi connectivity index (χ1) is 18.2. The Labute approximate surface area is 235 Å². The van der Waals surface area contributed by atoms with Gasteiger partial charge in [0.15, 0.2) is 0 Å². The molecule has 0 aromatic heterocycles. The number of halogens is 1. The summed E-state index contributed by atoms with van der Waals surface area (Å²) in [7, 11) is 0. The van der Waals surface area contributed by atoms with Gasteiger partial charge in [-0.3, -0.25) is 0 Å². The minimum atomic E-state index is -0.0559. The number of rotatable bonds is 13. The quantitative estimate of drug-likeness (QED) is 0.232. The highest BCUT2D eigenvalue weighted by Crippen LogP contribution is 2.47. The van der Waals surface area contributed by atoms with E-state index in [2.05, 4.69) is 67.7 Å². The van der Waals surface area contributed by atoms with Gasteiger partial charge in [0, 0.05) is 5.56 Å². The summed E-state index contributed by atoms with van der Waals surface area (Å²) in [6, 6.07) is 14.8. The fraction of sp³-hybridized carbons (Fsp3) is 0.647. The summed E-state index contributed by atoms with van der Waals surface area (Å²) in [5, 5.41) is 0. The van der Waals surface area contributed by atoms with Crippen LogP contribution in [0.3, 0.4) is 0 Å². The van der Waals surface area contributed by atoms with Crippen molar-refractivity contribution in [2.75, 3.05) is 11.5 Å². The lowest BCUT2D eigenvalue weighted by atomic mass is 9.77. The van der Waals surface area contributed by atoms with E-state index < -0.39 is 0 Å². The highest BCUT2D eigenvalue weighted by molar-refractivity contribution is 8.16. The SMILES string of the molecule is CCCCCCC[C@H]1CC[C@H](c2ccc(-c3ccc(C4SCC(CCCCC)CS4)cc3)c(F)c2)CC1. The first-order valence-corrected chi connectivity index (χ1v) is 17.4. The van der Waals surface area contributed by atoms with Crippen molar-refractivity contribution in [2.24, 2.45) is 11.8 Å². The molecule has 2 fully saturated rings. The van der Waals surface area contributed by atoms with Crippen LogP contribution in [0.5, 0.6) is 0 Å². The van der Waals surface area contributed by atoms with E-state index in [9.17, 15) is 0 Å². The van der Waals surface area contributed by atoms with Crippen molar-refractivity contribution in [3.63, 3.8) is 0 Å². The normalized spacial score (nSPS) is 24.3. The van der Waals surface area contributed by atoms with Crippen LogP contribution in [0, 0.1) is 17.7 Å². The molecular weight excluding hydrogens is 492 g/mol. The van der Waals surface area contributed by atoms with Crippen molar-refractivity contribution in [3.05, 3.63) is 59.4 Å². The molecule has 1 aliphatic carbocycles. The van der Waals surface area contributed by atoms with Crippen LogP contribution in [0.15, 0.2) is 42.5 Å². The molecule has 0 spiro atoms. The molecule has 0 N–H and O–H groups in total. The van der Waals surface area contributed by atoms with Gasteiger partial charge in [-0.15, -0.1) is 23.5 Å². The molecule has 1 heterocycles. The van der Waals surface area contributed by atoms with Gasteiger partial charge < -0.3 is 0 Å². The van der Waals surface area contributed by atoms with Gasteiger partial charge in [0.25, 0.3) is 0 Å². The molecule has 0 nitrogen and oxygen atoms in total. The van der Waals surface area contributed by atoms with Gasteiger partial charge in [0.1, 0.15) is 5.82 Å². The highest BCUT2D eigenvalue weighted by Gasteiger charge is 2.24. The Morgan fingerprint density at radius 2 is 1.27 bits per heavy atom. The van der Waals surface area contributed by atoms with Gasteiger partial charge >= 0.3 is 0 Å². The molecule has 3 heteroatoms. The molecule has 0 radical (unpaired) electrons. The summed E-state index contributed by atoms with van der Waals surface area (Å²) >= 11 is 4.20. The third kappa shape index (κ3) is 8.79. The van der Waals surface area contributed by atoms with Crippen molar-refractivity contribution in [1.82, 2.24) is 0 Å². The largest absolute Gasteiger partial charge is 0.206 e. The van der Waals surface area contributed by atoms with Gasteiger partial charge in [0.2, 0.25) is 0 Å². The van der Waals surface area contributed by atoms with Crippen molar-refractivity contribution < 1.29 is 4.39 Å². The van der Waals surface area contributed by atoms with Crippen LogP contribution in [0.1, 0.15) is 125 Å². The molecular formula is C34H49FS2. The second kappa shape index (κ2) is 15.6. The molecule has 204 valence electrons. The van der Waals surface area contributed by atoms with Crippen LogP contribution < -0.4 is 0 Å². The number of unbranched alkanes of at least 4 members (excludes halogenated alkanes) is 6. The van der Waals surface area contributed by atoms with Crippen LogP contribution >= 0.6 is 23.5 Å². The Morgan fingerprint density at radius 3 is 1.95 bits per heavy atom. The first-order valence-electron chi connectivity index (χ1n) is 15.3. The first kappa shape index (κ1) is 29.1. The summed E-state index contributed by atoms with van der Waals surface area (Å²) in [5.74, 6) is 4.80. The summed E-state index contributed by atoms with van der Waals surface area (Å²) in [5.41, 5.74) is 4.34. The summed E-state index contributed by atoms with van der Waals surface area (Å²) in [6.07, 6.45) is 18.8. The molecule has 1 aliphatic heterocycles. The fourth-order valence-corrected chi connectivity index (χ4v) is 9.41. The van der Waals surface area contributed by atoms with E-state index in [-0.39, 0.29) is 5.82 Å². The molecule has 1 saturated carbocycles. The lowest BCUT2D eigenvalue weighted by Gasteiger charge is -2.29. The smallest absolute Gasteiger partial charge is 0.131 e. The van der Waals surface area contributed by atoms with Gasteiger partial charge in [-0.05, 0) is 84.1 Å². The topological polar surface area (TPSA) is 0 Å². The standard InChI is InChI=1S/C34H49FS2/c1-3-5-7-8-10-11-26-13-15-28(16-14-26)31-21-22-32(33(35)23-31)29-17-19-30(20-18-29)34-36-24-27(25-37-34)12-9-6-4-2/h17-23,26-28,34H,3-16,24-25H2,1-2H3/t26-,27?,28-,34?. The number of hydrogen-bond donors (Lipinski definition) is 0. The molecule has 2 aromatic carbocycles. The summed E-state index contributed by atoms with van der Waals surface area (Å²) in [6.45, 7) is 4.57. The molecule has 0 bridgehead atoms. The Bertz CT molecular complexity index is 908. The molecule has 2 aromatic rings. The lowest BCUT2D eigenvalue weighted by Crippen LogP contribution is -2.14. The summed E-state index contributed by atoms with van der Waals surface area (Å²) in [4.78, 5) is 0.